The second kappa shape index (κ2) is 4.27. The highest BCUT2D eigenvalue weighted by atomic mass is 35.5. The highest BCUT2D eigenvalue weighted by Crippen LogP contribution is 2.42. The lowest BCUT2D eigenvalue weighted by atomic mass is 10.1. The van der Waals surface area contributed by atoms with Crippen molar-refractivity contribution >= 4 is 17.6 Å². The number of carboxylic acids is 1. The van der Waals surface area contributed by atoms with Crippen molar-refractivity contribution in [2.75, 3.05) is 14.2 Å². The van der Waals surface area contributed by atoms with Gasteiger partial charge in [0, 0.05) is 6.07 Å². The zero-order valence-electron chi connectivity index (χ0n) is 8.07. The van der Waals surface area contributed by atoms with Gasteiger partial charge >= 0.3 is 5.97 Å². The molecule has 0 aromatic heterocycles. The Balaban J connectivity index is 3.51. The van der Waals surface area contributed by atoms with Crippen molar-refractivity contribution in [1.29, 1.82) is 0 Å². The lowest BCUT2D eigenvalue weighted by Crippen LogP contribution is -2.01. The van der Waals surface area contributed by atoms with Gasteiger partial charge in [-0.2, -0.15) is 0 Å². The average molecular weight is 233 g/mol. The van der Waals surface area contributed by atoms with Crippen LogP contribution in [-0.2, 0) is 0 Å². The van der Waals surface area contributed by atoms with Crippen molar-refractivity contribution in [3.63, 3.8) is 0 Å². The van der Waals surface area contributed by atoms with Crippen molar-refractivity contribution < 1.29 is 24.5 Å². The number of aromatic carboxylic acids is 1. The Morgan fingerprint density at radius 3 is 2.40 bits per heavy atom. The van der Waals surface area contributed by atoms with Crippen LogP contribution in [0.1, 0.15) is 10.4 Å². The van der Waals surface area contributed by atoms with E-state index in [4.69, 9.17) is 26.2 Å². The quantitative estimate of drug-likeness (QED) is 0.831. The summed E-state index contributed by atoms with van der Waals surface area (Å²) in [4.78, 5) is 10.8. The highest BCUT2D eigenvalue weighted by Gasteiger charge is 2.22. The number of carboxylic acid groups (broad SMARTS) is 1. The average Bonchev–Trinajstić information content (AvgIpc) is 2.16. The maximum Gasteiger partial charge on any atom is 0.341 e. The number of carbonyl (C=O) groups is 1. The van der Waals surface area contributed by atoms with Gasteiger partial charge in [0.2, 0.25) is 5.75 Å². The van der Waals surface area contributed by atoms with E-state index in [-0.39, 0.29) is 16.5 Å². The minimum absolute atomic E-state index is 0.0562. The first kappa shape index (κ1) is 11.5. The minimum Gasteiger partial charge on any atom is -0.504 e. The maximum absolute atomic E-state index is 10.8. The molecule has 1 aromatic carbocycles. The second-order valence-electron chi connectivity index (χ2n) is 2.62. The Morgan fingerprint density at radius 2 is 2.00 bits per heavy atom. The number of ether oxygens (including phenoxy) is 2. The van der Waals surface area contributed by atoms with E-state index < -0.39 is 17.3 Å². The van der Waals surface area contributed by atoms with Gasteiger partial charge in [0.25, 0.3) is 0 Å². The van der Waals surface area contributed by atoms with Crippen LogP contribution < -0.4 is 9.47 Å². The molecular weight excluding hydrogens is 224 g/mol. The smallest absolute Gasteiger partial charge is 0.341 e. The lowest BCUT2D eigenvalue weighted by molar-refractivity contribution is 0.0693. The molecule has 0 atom stereocenters. The zero-order chi connectivity index (χ0) is 11.6. The second-order valence-corrected chi connectivity index (χ2v) is 3.03. The zero-order valence-corrected chi connectivity index (χ0v) is 8.83. The molecule has 0 aliphatic heterocycles. The molecule has 1 aromatic rings. The van der Waals surface area contributed by atoms with E-state index in [0.717, 1.165) is 0 Å². The normalized spacial score (nSPS) is 9.80. The van der Waals surface area contributed by atoms with Gasteiger partial charge < -0.3 is 19.7 Å². The van der Waals surface area contributed by atoms with E-state index in [1.165, 1.54) is 20.3 Å². The topological polar surface area (TPSA) is 76.0 Å². The Kier molecular flexibility index (Phi) is 3.26. The molecule has 0 fully saturated rings. The van der Waals surface area contributed by atoms with Crippen LogP contribution in [0.5, 0.6) is 17.2 Å². The summed E-state index contributed by atoms with van der Waals surface area (Å²) in [6.07, 6.45) is 0. The summed E-state index contributed by atoms with van der Waals surface area (Å²) in [7, 11) is 2.64. The van der Waals surface area contributed by atoms with Crippen LogP contribution >= 0.6 is 11.6 Å². The van der Waals surface area contributed by atoms with Gasteiger partial charge in [-0.05, 0) is 0 Å². The van der Waals surface area contributed by atoms with Crippen LogP contribution in [0.2, 0.25) is 5.02 Å². The third kappa shape index (κ3) is 1.92. The van der Waals surface area contributed by atoms with Crippen LogP contribution in [0.3, 0.4) is 0 Å². The molecule has 1 rings (SSSR count). The Labute approximate surface area is 90.8 Å². The number of phenols is 1. The fourth-order valence-electron chi connectivity index (χ4n) is 1.15. The number of halogens is 1. The van der Waals surface area contributed by atoms with Crippen molar-refractivity contribution in [1.82, 2.24) is 0 Å². The maximum atomic E-state index is 10.8. The van der Waals surface area contributed by atoms with E-state index in [2.05, 4.69) is 0 Å². The summed E-state index contributed by atoms with van der Waals surface area (Å²) < 4.78 is 9.69. The number of rotatable bonds is 3. The van der Waals surface area contributed by atoms with Crippen molar-refractivity contribution in [3.05, 3.63) is 16.7 Å². The van der Waals surface area contributed by atoms with Crippen molar-refractivity contribution in [2.45, 2.75) is 0 Å². The van der Waals surface area contributed by atoms with Gasteiger partial charge in [-0.3, -0.25) is 0 Å². The van der Waals surface area contributed by atoms with E-state index in [0.29, 0.717) is 0 Å². The Morgan fingerprint density at radius 1 is 1.40 bits per heavy atom. The molecule has 0 saturated heterocycles. The number of hydrogen-bond donors (Lipinski definition) is 2. The number of methoxy groups -OCH3 is 2. The summed E-state index contributed by atoms with van der Waals surface area (Å²) >= 11 is 5.66. The molecule has 0 bridgehead atoms. The molecule has 0 unspecified atom stereocenters. The Hall–Kier alpha value is -1.62. The first-order valence-corrected chi connectivity index (χ1v) is 4.27. The van der Waals surface area contributed by atoms with Crippen LogP contribution in [0.15, 0.2) is 6.07 Å². The van der Waals surface area contributed by atoms with Gasteiger partial charge in [0.05, 0.1) is 19.2 Å². The summed E-state index contributed by atoms with van der Waals surface area (Å²) in [6, 6.07) is 1.27. The SMILES string of the molecule is COc1cc(Cl)c(C(=O)O)c(O)c1OC. The highest BCUT2D eigenvalue weighted by molar-refractivity contribution is 6.34. The number of aromatic hydroxyl groups is 1. The standard InChI is InChI=1S/C9H9ClO5/c1-14-5-3-4(10)6(9(12)13)7(11)8(5)15-2/h3,11H,1-2H3,(H,12,13). The molecule has 0 spiro atoms. The molecule has 15 heavy (non-hydrogen) atoms. The van der Waals surface area contributed by atoms with E-state index in [9.17, 15) is 9.90 Å². The Bertz CT molecular complexity index is 402. The van der Waals surface area contributed by atoms with Crippen molar-refractivity contribution in [2.24, 2.45) is 0 Å². The molecule has 0 heterocycles. The summed E-state index contributed by atoms with van der Waals surface area (Å²) in [5.74, 6) is -1.77. The lowest BCUT2D eigenvalue weighted by Gasteiger charge is -2.12. The molecule has 82 valence electrons. The molecule has 5 nitrogen and oxygen atoms in total. The first-order chi connectivity index (χ1) is 7.02. The number of benzene rings is 1. The molecule has 0 aliphatic rings. The van der Waals surface area contributed by atoms with Crippen LogP contribution in [0.4, 0.5) is 0 Å². The van der Waals surface area contributed by atoms with E-state index in [1.807, 2.05) is 0 Å². The third-order valence-electron chi connectivity index (χ3n) is 1.81. The molecular formula is C9H9ClO5. The predicted octanol–water partition coefficient (Wildman–Crippen LogP) is 1.76. The molecule has 0 aliphatic carbocycles. The minimum atomic E-state index is -1.33. The fraction of sp³-hybridized carbons (Fsp3) is 0.222. The predicted molar refractivity (Wildman–Crippen MR) is 53.2 cm³/mol. The van der Waals surface area contributed by atoms with E-state index >= 15 is 0 Å². The van der Waals surface area contributed by atoms with Crippen molar-refractivity contribution in [3.8, 4) is 17.2 Å². The molecule has 0 amide bonds. The molecule has 6 heteroatoms. The van der Waals surface area contributed by atoms with Crippen LogP contribution in [-0.4, -0.2) is 30.4 Å². The van der Waals surface area contributed by atoms with Gasteiger partial charge in [0.15, 0.2) is 11.5 Å². The summed E-state index contributed by atoms with van der Waals surface area (Å²) in [6.45, 7) is 0. The summed E-state index contributed by atoms with van der Waals surface area (Å²) in [5, 5.41) is 18.3. The number of hydrogen-bond acceptors (Lipinski definition) is 4. The summed E-state index contributed by atoms with van der Waals surface area (Å²) in [5.41, 5.74) is -0.408. The van der Waals surface area contributed by atoms with Crippen LogP contribution in [0, 0.1) is 0 Å². The largest absolute Gasteiger partial charge is 0.504 e. The van der Waals surface area contributed by atoms with Gasteiger partial charge in [-0.15, -0.1) is 0 Å². The van der Waals surface area contributed by atoms with Crippen LogP contribution in [0.25, 0.3) is 0 Å². The fourth-order valence-corrected chi connectivity index (χ4v) is 1.42. The van der Waals surface area contributed by atoms with Gasteiger partial charge in [-0.1, -0.05) is 11.6 Å². The van der Waals surface area contributed by atoms with Gasteiger partial charge in [0.1, 0.15) is 5.56 Å². The third-order valence-corrected chi connectivity index (χ3v) is 2.11. The monoisotopic (exact) mass is 232 g/mol. The first-order valence-electron chi connectivity index (χ1n) is 3.89. The molecule has 0 radical (unpaired) electrons. The van der Waals surface area contributed by atoms with E-state index in [1.54, 1.807) is 0 Å². The van der Waals surface area contributed by atoms with Gasteiger partial charge in [-0.25, -0.2) is 4.79 Å². The molecule has 0 saturated carbocycles. The molecule has 2 N–H and O–H groups in total.